The second-order valence-corrected chi connectivity index (χ2v) is 13.3. The number of amidine groups is 1. The van der Waals surface area contributed by atoms with Crippen LogP contribution in [0.4, 0.5) is 5.69 Å². The Bertz CT molecular complexity index is 1520. The first-order valence-corrected chi connectivity index (χ1v) is 17.4. The van der Waals surface area contributed by atoms with Crippen LogP contribution < -0.4 is 27.0 Å². The molecule has 0 radical (unpaired) electrons. The smallest absolute Gasteiger partial charge is 0.242 e. The van der Waals surface area contributed by atoms with Crippen molar-refractivity contribution in [1.29, 1.82) is 5.41 Å². The molecule has 0 aliphatic rings. The molecule has 0 aromatic heterocycles. The number of carbonyl (C=O) groups is 2. The zero-order chi connectivity index (χ0) is 33.5. The Labute approximate surface area is 272 Å². The topological polar surface area (TPSA) is 170 Å². The largest absolute Gasteiger partial charge is 0.384 e. The van der Waals surface area contributed by atoms with Crippen LogP contribution in [-0.4, -0.2) is 68.3 Å². The van der Waals surface area contributed by atoms with Crippen LogP contribution in [0.3, 0.4) is 0 Å². The standard InChI is InChI=1S/C34H47N7O4S/c1-4-21-41(46(3,44)45)22-20-37-30-17-12-28(13-18-30)23-38-31(19-14-26-8-6-5-7-9-26)34(43)40-25(2)33(42)39-24-27-10-15-29(16-11-27)32(35)36/h5-13,15-18,25,31,37-38H,4,14,19-24H2,1-3H3,(H3,35,36)(H,39,42)(H,40,43)/t25-,31+/m0/s1. The van der Waals surface area contributed by atoms with Crippen molar-refractivity contribution in [3.05, 3.63) is 101 Å². The maximum atomic E-state index is 13.4. The minimum Gasteiger partial charge on any atom is -0.384 e. The van der Waals surface area contributed by atoms with E-state index in [9.17, 15) is 18.0 Å². The van der Waals surface area contributed by atoms with E-state index in [0.29, 0.717) is 44.6 Å². The number of nitrogens with two attached hydrogens (primary N) is 1. The number of nitrogen functional groups attached to an aromatic ring is 1. The van der Waals surface area contributed by atoms with Gasteiger partial charge in [-0.05, 0) is 55.0 Å². The number of nitrogens with one attached hydrogen (secondary N) is 5. The summed E-state index contributed by atoms with van der Waals surface area (Å²) in [5.74, 6) is -0.581. The molecule has 0 saturated heterocycles. The normalized spacial score (nSPS) is 12.7. The number of rotatable bonds is 19. The summed E-state index contributed by atoms with van der Waals surface area (Å²) in [5.41, 5.74) is 9.94. The van der Waals surface area contributed by atoms with Gasteiger partial charge in [-0.2, -0.15) is 0 Å². The van der Waals surface area contributed by atoms with E-state index in [0.717, 1.165) is 28.8 Å². The van der Waals surface area contributed by atoms with Crippen molar-refractivity contribution in [1.82, 2.24) is 20.3 Å². The van der Waals surface area contributed by atoms with Crippen molar-refractivity contribution >= 4 is 33.4 Å². The molecule has 0 spiro atoms. The Kier molecular flexibility index (Phi) is 14.2. The van der Waals surface area contributed by atoms with Crippen LogP contribution in [-0.2, 0) is 39.1 Å². The molecule has 0 fully saturated rings. The van der Waals surface area contributed by atoms with Crippen LogP contribution in [0.25, 0.3) is 0 Å². The fourth-order valence-electron chi connectivity index (χ4n) is 4.80. The summed E-state index contributed by atoms with van der Waals surface area (Å²) in [6, 6.07) is 23.5. The van der Waals surface area contributed by atoms with E-state index < -0.39 is 22.1 Å². The van der Waals surface area contributed by atoms with E-state index in [-0.39, 0.29) is 24.2 Å². The number of benzene rings is 3. The predicted octanol–water partition coefficient (Wildman–Crippen LogP) is 2.97. The third-order valence-corrected chi connectivity index (χ3v) is 8.81. The van der Waals surface area contributed by atoms with Crippen molar-refractivity contribution in [2.75, 3.05) is 31.2 Å². The van der Waals surface area contributed by atoms with Gasteiger partial charge in [-0.15, -0.1) is 0 Å². The molecule has 248 valence electrons. The number of amides is 2. The lowest BCUT2D eigenvalue weighted by Crippen LogP contribution is -2.51. The van der Waals surface area contributed by atoms with Gasteiger partial charge in [0.15, 0.2) is 0 Å². The van der Waals surface area contributed by atoms with E-state index in [2.05, 4.69) is 21.3 Å². The molecule has 3 rings (SSSR count). The number of aryl methyl sites for hydroxylation is 1. The Morgan fingerprint density at radius 3 is 2.11 bits per heavy atom. The van der Waals surface area contributed by atoms with E-state index in [1.54, 1.807) is 31.2 Å². The lowest BCUT2D eigenvalue weighted by Gasteiger charge is -2.22. The van der Waals surface area contributed by atoms with Gasteiger partial charge in [0, 0.05) is 44.0 Å². The molecule has 12 heteroatoms. The predicted molar refractivity (Wildman–Crippen MR) is 184 cm³/mol. The molecular weight excluding hydrogens is 602 g/mol. The van der Waals surface area contributed by atoms with Crippen molar-refractivity contribution in [3.63, 3.8) is 0 Å². The molecule has 3 aromatic rings. The van der Waals surface area contributed by atoms with E-state index in [1.165, 1.54) is 10.6 Å². The molecule has 0 aliphatic heterocycles. The summed E-state index contributed by atoms with van der Waals surface area (Å²) in [7, 11) is -3.24. The molecule has 46 heavy (non-hydrogen) atoms. The summed E-state index contributed by atoms with van der Waals surface area (Å²) in [6.45, 7) is 5.71. The molecule has 0 saturated carbocycles. The second-order valence-electron chi connectivity index (χ2n) is 11.3. The molecule has 0 heterocycles. The number of sulfonamides is 1. The number of carbonyl (C=O) groups excluding carboxylic acids is 2. The number of hydrogen-bond donors (Lipinski definition) is 6. The molecule has 2 atom stereocenters. The number of nitrogens with zero attached hydrogens (tertiary/aromatic N) is 1. The highest BCUT2D eigenvalue weighted by Crippen LogP contribution is 2.12. The molecule has 0 unspecified atom stereocenters. The van der Waals surface area contributed by atoms with Gasteiger partial charge in [0.25, 0.3) is 0 Å². The first-order valence-electron chi connectivity index (χ1n) is 15.5. The summed E-state index contributed by atoms with van der Waals surface area (Å²) < 4.78 is 25.4. The van der Waals surface area contributed by atoms with Crippen molar-refractivity contribution < 1.29 is 18.0 Å². The van der Waals surface area contributed by atoms with E-state index in [1.807, 2.05) is 61.5 Å². The second kappa shape index (κ2) is 18.0. The molecule has 2 amide bonds. The fourth-order valence-corrected chi connectivity index (χ4v) is 5.74. The van der Waals surface area contributed by atoms with Crippen LogP contribution in [0.1, 0.15) is 48.9 Å². The summed E-state index contributed by atoms with van der Waals surface area (Å²) >= 11 is 0. The van der Waals surface area contributed by atoms with Crippen LogP contribution in [0.15, 0.2) is 78.9 Å². The van der Waals surface area contributed by atoms with Gasteiger partial charge in [-0.25, -0.2) is 12.7 Å². The fraction of sp³-hybridized carbons (Fsp3) is 0.382. The maximum absolute atomic E-state index is 13.4. The molecular formula is C34H47N7O4S. The Hall–Kier alpha value is -4.26. The summed E-state index contributed by atoms with van der Waals surface area (Å²) in [4.78, 5) is 26.2. The van der Waals surface area contributed by atoms with Crippen molar-refractivity contribution in [2.45, 2.75) is 58.3 Å². The van der Waals surface area contributed by atoms with E-state index in [4.69, 9.17) is 11.1 Å². The lowest BCUT2D eigenvalue weighted by molar-refractivity contribution is -0.129. The van der Waals surface area contributed by atoms with Gasteiger partial charge < -0.3 is 27.0 Å². The van der Waals surface area contributed by atoms with E-state index >= 15 is 0 Å². The van der Waals surface area contributed by atoms with Gasteiger partial charge in [0.05, 0.1) is 12.3 Å². The zero-order valence-corrected chi connectivity index (χ0v) is 27.7. The van der Waals surface area contributed by atoms with Crippen LogP contribution in [0, 0.1) is 5.41 Å². The zero-order valence-electron chi connectivity index (χ0n) is 26.9. The Balaban J connectivity index is 1.55. The minimum absolute atomic E-state index is 0.0191. The van der Waals surface area contributed by atoms with Gasteiger partial charge in [-0.1, -0.05) is 73.7 Å². The highest BCUT2D eigenvalue weighted by Gasteiger charge is 2.23. The summed E-state index contributed by atoms with van der Waals surface area (Å²) in [5, 5.41) is 19.8. The van der Waals surface area contributed by atoms with Crippen LogP contribution in [0.5, 0.6) is 0 Å². The molecule has 7 N–H and O–H groups in total. The Morgan fingerprint density at radius 1 is 0.870 bits per heavy atom. The maximum Gasteiger partial charge on any atom is 0.242 e. The number of anilines is 1. The lowest BCUT2D eigenvalue weighted by atomic mass is 10.0. The minimum atomic E-state index is -3.24. The average molecular weight is 650 g/mol. The third-order valence-electron chi connectivity index (χ3n) is 7.50. The van der Waals surface area contributed by atoms with Gasteiger partial charge in [0.2, 0.25) is 21.8 Å². The highest BCUT2D eigenvalue weighted by molar-refractivity contribution is 7.88. The molecule has 0 bridgehead atoms. The Morgan fingerprint density at radius 2 is 1.50 bits per heavy atom. The van der Waals surface area contributed by atoms with Gasteiger partial charge in [0.1, 0.15) is 11.9 Å². The first-order chi connectivity index (χ1) is 22.0. The third kappa shape index (κ3) is 12.3. The number of hydrogen-bond acceptors (Lipinski definition) is 7. The highest BCUT2D eigenvalue weighted by atomic mass is 32.2. The molecule has 0 aliphatic carbocycles. The van der Waals surface area contributed by atoms with Crippen LogP contribution >= 0.6 is 0 Å². The van der Waals surface area contributed by atoms with Crippen molar-refractivity contribution in [3.8, 4) is 0 Å². The first kappa shape index (κ1) is 36.2. The van der Waals surface area contributed by atoms with Gasteiger partial charge in [-0.3, -0.25) is 15.0 Å². The van der Waals surface area contributed by atoms with Crippen LogP contribution in [0.2, 0.25) is 0 Å². The molecule has 11 nitrogen and oxygen atoms in total. The van der Waals surface area contributed by atoms with Gasteiger partial charge >= 0.3 is 0 Å². The van der Waals surface area contributed by atoms with Crippen molar-refractivity contribution in [2.24, 2.45) is 5.73 Å². The SMILES string of the molecule is CCCN(CCNc1ccc(CN[C@H](CCc2ccccc2)C(=O)N[C@@H](C)C(=O)NCc2ccc(C(=N)N)cc2)cc1)S(C)(=O)=O. The average Bonchev–Trinajstić information content (AvgIpc) is 3.04. The monoisotopic (exact) mass is 649 g/mol. The summed E-state index contributed by atoms with van der Waals surface area (Å²) in [6.07, 6.45) is 3.21. The molecule has 3 aromatic carbocycles. The quantitative estimate of drug-likeness (QED) is 0.0857.